The Kier molecular flexibility index (Phi) is 5.83. The van der Waals surface area contributed by atoms with E-state index in [1.807, 2.05) is 63.4 Å². The first-order valence-corrected chi connectivity index (χ1v) is 12.7. The van der Waals surface area contributed by atoms with Crippen LogP contribution < -0.4 is 21.3 Å². The SMILES string of the molecule is CNc1cc(-c2cccnc2Nc2c(C)ccc3c(Nc4ccc5c(c4)NC(=O)C5(C)C)nccc23)ncn1. The number of carbonyl (C=O) groups excluding carboxylic acids is 1. The molecule has 1 aliphatic rings. The van der Waals surface area contributed by atoms with Gasteiger partial charge in [-0.3, -0.25) is 4.79 Å². The van der Waals surface area contributed by atoms with Gasteiger partial charge >= 0.3 is 0 Å². The lowest BCUT2D eigenvalue weighted by Crippen LogP contribution is -2.26. The average molecular weight is 517 g/mol. The van der Waals surface area contributed by atoms with Crippen LogP contribution in [0.25, 0.3) is 22.0 Å². The van der Waals surface area contributed by atoms with Crippen molar-refractivity contribution in [3.05, 3.63) is 84.4 Å². The number of nitrogens with zero attached hydrogens (tertiary/aromatic N) is 4. The van der Waals surface area contributed by atoms with Crippen LogP contribution in [-0.2, 0) is 10.2 Å². The summed E-state index contributed by atoms with van der Waals surface area (Å²) in [5.74, 6) is 2.14. The van der Waals surface area contributed by atoms with Gasteiger partial charge in [-0.2, -0.15) is 0 Å². The Morgan fingerprint density at radius 3 is 2.54 bits per heavy atom. The van der Waals surface area contributed by atoms with Gasteiger partial charge in [-0.15, -0.1) is 0 Å². The molecule has 3 aromatic heterocycles. The first-order valence-electron chi connectivity index (χ1n) is 12.7. The molecule has 39 heavy (non-hydrogen) atoms. The van der Waals surface area contributed by atoms with Gasteiger partial charge in [0.2, 0.25) is 5.91 Å². The molecular formula is C30H28N8O. The number of aryl methyl sites for hydroxylation is 1. The Labute approximate surface area is 226 Å². The zero-order valence-corrected chi connectivity index (χ0v) is 22.1. The topological polar surface area (TPSA) is 117 Å². The van der Waals surface area contributed by atoms with Crippen molar-refractivity contribution in [2.45, 2.75) is 26.2 Å². The smallest absolute Gasteiger partial charge is 0.234 e. The predicted molar refractivity (Wildman–Crippen MR) is 156 cm³/mol. The molecule has 4 N–H and O–H groups in total. The highest BCUT2D eigenvalue weighted by atomic mass is 16.2. The minimum absolute atomic E-state index is 0.00200. The second kappa shape index (κ2) is 9.36. The molecule has 1 aliphatic heterocycles. The Balaban J connectivity index is 1.37. The summed E-state index contributed by atoms with van der Waals surface area (Å²) in [4.78, 5) is 30.4. The van der Waals surface area contributed by atoms with Gasteiger partial charge in [-0.25, -0.2) is 19.9 Å². The maximum atomic E-state index is 12.4. The van der Waals surface area contributed by atoms with Crippen molar-refractivity contribution in [3.63, 3.8) is 0 Å². The molecule has 0 saturated carbocycles. The van der Waals surface area contributed by atoms with Crippen LogP contribution in [0.4, 0.5) is 34.5 Å². The van der Waals surface area contributed by atoms with Gasteiger partial charge in [-0.05, 0) is 62.2 Å². The molecule has 0 unspecified atom stereocenters. The van der Waals surface area contributed by atoms with Gasteiger partial charge in [0.05, 0.1) is 16.8 Å². The zero-order chi connectivity index (χ0) is 27.1. The number of rotatable bonds is 6. The summed E-state index contributed by atoms with van der Waals surface area (Å²) in [6.07, 6.45) is 5.08. The van der Waals surface area contributed by atoms with Crippen molar-refractivity contribution >= 4 is 51.2 Å². The Morgan fingerprint density at radius 1 is 0.846 bits per heavy atom. The highest BCUT2D eigenvalue weighted by Gasteiger charge is 2.38. The van der Waals surface area contributed by atoms with Gasteiger partial charge in [0, 0.05) is 53.2 Å². The van der Waals surface area contributed by atoms with E-state index in [2.05, 4.69) is 60.3 Å². The standard InChI is InChI=1S/C30H28N8O/c1-17-7-9-20-19(26(17)38-28-21(6-5-12-32-28)23-15-25(31-4)35-16-34-23)11-13-33-27(20)36-18-8-10-22-24(14-18)37-29(39)30(22,2)3/h5-16H,1-4H3,(H,32,38)(H,33,36)(H,37,39)(H,31,34,35). The van der Waals surface area contributed by atoms with Crippen LogP contribution in [0.15, 0.2) is 73.3 Å². The summed E-state index contributed by atoms with van der Waals surface area (Å²) in [6.45, 7) is 5.93. The highest BCUT2D eigenvalue weighted by Crippen LogP contribution is 2.40. The third-order valence-electron chi connectivity index (χ3n) is 7.18. The van der Waals surface area contributed by atoms with Crippen molar-refractivity contribution < 1.29 is 4.79 Å². The average Bonchev–Trinajstić information content (AvgIpc) is 3.17. The quantitative estimate of drug-likeness (QED) is 0.212. The predicted octanol–water partition coefficient (Wildman–Crippen LogP) is 6.15. The van der Waals surface area contributed by atoms with E-state index >= 15 is 0 Å². The van der Waals surface area contributed by atoms with Crippen LogP contribution >= 0.6 is 0 Å². The molecule has 0 fully saturated rings. The summed E-state index contributed by atoms with van der Waals surface area (Å²) in [7, 11) is 1.83. The number of nitrogens with one attached hydrogen (secondary N) is 4. The molecule has 2 aromatic carbocycles. The Morgan fingerprint density at radius 2 is 1.69 bits per heavy atom. The molecule has 9 nitrogen and oxygen atoms in total. The third kappa shape index (κ3) is 4.27. The molecule has 0 saturated heterocycles. The number of fused-ring (bicyclic) bond motifs is 2. The van der Waals surface area contributed by atoms with E-state index in [0.29, 0.717) is 5.82 Å². The molecule has 9 heteroatoms. The monoisotopic (exact) mass is 516 g/mol. The van der Waals surface area contributed by atoms with E-state index in [1.165, 1.54) is 6.33 Å². The fraction of sp³-hybridized carbons (Fsp3) is 0.167. The van der Waals surface area contributed by atoms with Crippen LogP contribution in [0.2, 0.25) is 0 Å². The lowest BCUT2D eigenvalue weighted by atomic mass is 9.86. The number of amides is 1. The molecule has 6 rings (SSSR count). The maximum Gasteiger partial charge on any atom is 0.234 e. The van der Waals surface area contributed by atoms with Crippen molar-refractivity contribution in [1.82, 2.24) is 19.9 Å². The van der Waals surface area contributed by atoms with E-state index in [-0.39, 0.29) is 5.91 Å². The van der Waals surface area contributed by atoms with Gasteiger partial charge in [0.25, 0.3) is 0 Å². The summed E-state index contributed by atoms with van der Waals surface area (Å²) in [5, 5.41) is 15.0. The molecule has 1 amide bonds. The largest absolute Gasteiger partial charge is 0.373 e. The minimum Gasteiger partial charge on any atom is -0.373 e. The molecule has 194 valence electrons. The zero-order valence-electron chi connectivity index (χ0n) is 22.1. The maximum absolute atomic E-state index is 12.4. The number of hydrogen-bond donors (Lipinski definition) is 4. The Hall–Kier alpha value is -5.05. The minimum atomic E-state index is -0.547. The normalized spacial score (nSPS) is 13.6. The number of pyridine rings is 2. The van der Waals surface area contributed by atoms with E-state index in [1.54, 1.807) is 12.4 Å². The van der Waals surface area contributed by atoms with Crippen molar-refractivity contribution in [2.75, 3.05) is 28.3 Å². The summed E-state index contributed by atoms with van der Waals surface area (Å²) in [5.41, 5.74) is 5.74. The fourth-order valence-electron chi connectivity index (χ4n) is 4.91. The molecule has 5 aromatic rings. The number of carbonyl (C=O) groups is 1. The molecular weight excluding hydrogens is 488 g/mol. The van der Waals surface area contributed by atoms with Gasteiger partial charge < -0.3 is 21.3 Å². The van der Waals surface area contributed by atoms with Crippen LogP contribution in [0.1, 0.15) is 25.0 Å². The van der Waals surface area contributed by atoms with E-state index in [0.717, 1.165) is 61.9 Å². The molecule has 0 radical (unpaired) electrons. The first-order chi connectivity index (χ1) is 18.8. The summed E-state index contributed by atoms with van der Waals surface area (Å²) < 4.78 is 0. The number of hydrogen-bond acceptors (Lipinski definition) is 8. The molecule has 4 heterocycles. The molecule has 0 spiro atoms. The number of aromatic nitrogens is 4. The third-order valence-corrected chi connectivity index (χ3v) is 7.18. The van der Waals surface area contributed by atoms with Gasteiger partial charge in [-0.1, -0.05) is 18.2 Å². The molecule has 0 bridgehead atoms. The number of anilines is 6. The van der Waals surface area contributed by atoms with Crippen LogP contribution in [0.5, 0.6) is 0 Å². The van der Waals surface area contributed by atoms with Crippen LogP contribution in [0.3, 0.4) is 0 Å². The van der Waals surface area contributed by atoms with E-state index < -0.39 is 5.41 Å². The molecule has 0 atom stereocenters. The first kappa shape index (κ1) is 24.3. The van der Waals surface area contributed by atoms with E-state index in [4.69, 9.17) is 0 Å². The summed E-state index contributed by atoms with van der Waals surface area (Å²) in [6, 6.07) is 17.8. The second-order valence-electron chi connectivity index (χ2n) is 10.0. The fourth-order valence-corrected chi connectivity index (χ4v) is 4.91. The lowest BCUT2D eigenvalue weighted by molar-refractivity contribution is -0.119. The van der Waals surface area contributed by atoms with Crippen LogP contribution in [-0.4, -0.2) is 32.9 Å². The van der Waals surface area contributed by atoms with Crippen molar-refractivity contribution in [1.29, 1.82) is 0 Å². The highest BCUT2D eigenvalue weighted by molar-refractivity contribution is 6.07. The van der Waals surface area contributed by atoms with E-state index in [9.17, 15) is 4.79 Å². The van der Waals surface area contributed by atoms with Gasteiger partial charge in [0.1, 0.15) is 23.8 Å². The number of benzene rings is 2. The van der Waals surface area contributed by atoms with Crippen molar-refractivity contribution in [2.24, 2.45) is 0 Å². The Bertz CT molecular complexity index is 1750. The molecule has 0 aliphatic carbocycles. The van der Waals surface area contributed by atoms with Crippen LogP contribution in [0, 0.1) is 6.92 Å². The van der Waals surface area contributed by atoms with Gasteiger partial charge in [0.15, 0.2) is 0 Å². The van der Waals surface area contributed by atoms with Crippen molar-refractivity contribution in [3.8, 4) is 11.3 Å². The summed E-state index contributed by atoms with van der Waals surface area (Å²) >= 11 is 0. The second-order valence-corrected chi connectivity index (χ2v) is 10.0. The lowest BCUT2D eigenvalue weighted by Gasteiger charge is -2.17.